The van der Waals surface area contributed by atoms with Gasteiger partial charge in [-0.2, -0.15) is 0 Å². The zero-order chi connectivity index (χ0) is 15.1. The van der Waals surface area contributed by atoms with E-state index in [0.29, 0.717) is 6.42 Å². The Hall–Kier alpha value is -0.840. The highest BCUT2D eigenvalue weighted by Crippen LogP contribution is 2.36. The van der Waals surface area contributed by atoms with Gasteiger partial charge in [-0.1, -0.05) is 26.3 Å². The normalized spacial score (nSPS) is 16.8. The maximum atomic E-state index is 11.9. The number of ether oxygens (including phenoxy) is 1. The van der Waals surface area contributed by atoms with Gasteiger partial charge in [-0.25, -0.2) is 0 Å². The predicted molar refractivity (Wildman–Crippen MR) is 97.4 cm³/mol. The number of carbonyl (C=O) groups excluding carboxylic acids is 1. The van der Waals surface area contributed by atoms with Crippen LogP contribution in [0.5, 0.6) is 0 Å². The summed E-state index contributed by atoms with van der Waals surface area (Å²) in [6, 6.07) is 3.94. The molecule has 1 aromatic rings. The summed E-state index contributed by atoms with van der Waals surface area (Å²) in [7, 11) is 0. The molecule has 1 fully saturated rings. The molecule has 2 rings (SSSR count). The number of likely N-dealkylation sites (tertiary alicyclic amines) is 1. The molecular weight excluding hydrogens is 335 g/mol. The van der Waals surface area contributed by atoms with Crippen LogP contribution in [0.4, 0.5) is 0 Å². The average Bonchev–Trinajstić information content (AvgIpc) is 2.55. The van der Waals surface area contributed by atoms with Crippen molar-refractivity contribution in [3.8, 4) is 0 Å². The second-order valence-electron chi connectivity index (χ2n) is 5.76. The lowest BCUT2D eigenvalue weighted by Gasteiger charge is -2.41. The summed E-state index contributed by atoms with van der Waals surface area (Å²) in [6.45, 7) is 7.15. The molecular formula is C17H28Cl2N2O2. The Balaban J connectivity index is 0.00000242. The van der Waals surface area contributed by atoms with E-state index in [2.05, 4.69) is 16.8 Å². The van der Waals surface area contributed by atoms with Gasteiger partial charge in [-0.05, 0) is 19.0 Å². The Kier molecular flexibility index (Phi) is 10.4. The van der Waals surface area contributed by atoms with Crippen LogP contribution in [0.3, 0.4) is 0 Å². The Morgan fingerprint density at radius 3 is 2.52 bits per heavy atom. The van der Waals surface area contributed by atoms with Crippen molar-refractivity contribution in [3.05, 3.63) is 30.1 Å². The molecule has 0 spiro atoms. The molecule has 4 nitrogen and oxygen atoms in total. The zero-order valence-corrected chi connectivity index (χ0v) is 15.6. The summed E-state index contributed by atoms with van der Waals surface area (Å²) in [4.78, 5) is 18.5. The largest absolute Gasteiger partial charge is 0.454 e. The van der Waals surface area contributed by atoms with E-state index in [1.165, 1.54) is 12.8 Å². The molecule has 1 aromatic heterocycles. The summed E-state index contributed by atoms with van der Waals surface area (Å²) < 4.78 is 5.86. The third kappa shape index (κ3) is 5.94. The summed E-state index contributed by atoms with van der Waals surface area (Å²) in [5.74, 6) is -0.124. The summed E-state index contributed by atoms with van der Waals surface area (Å²) in [5, 5.41) is 0. The van der Waals surface area contributed by atoms with Crippen LogP contribution in [-0.2, 0) is 15.1 Å². The van der Waals surface area contributed by atoms with Crippen molar-refractivity contribution in [2.24, 2.45) is 0 Å². The second kappa shape index (κ2) is 10.8. The first-order valence-electron chi connectivity index (χ1n) is 8.05. The quantitative estimate of drug-likeness (QED) is 0.718. The first kappa shape index (κ1) is 22.2. The van der Waals surface area contributed by atoms with E-state index in [9.17, 15) is 4.79 Å². The van der Waals surface area contributed by atoms with Gasteiger partial charge in [0.25, 0.3) is 0 Å². The minimum atomic E-state index is -0.482. The highest BCUT2D eigenvalue weighted by atomic mass is 35.5. The van der Waals surface area contributed by atoms with Crippen molar-refractivity contribution in [1.82, 2.24) is 9.88 Å². The number of carbonyl (C=O) groups is 1. The number of esters is 1. The first-order valence-corrected chi connectivity index (χ1v) is 8.05. The lowest BCUT2D eigenvalue weighted by atomic mass is 9.84. The number of halogens is 2. The van der Waals surface area contributed by atoms with Gasteiger partial charge < -0.3 is 9.64 Å². The number of piperidine rings is 1. The van der Waals surface area contributed by atoms with E-state index in [4.69, 9.17) is 4.74 Å². The predicted octanol–water partition coefficient (Wildman–Crippen LogP) is 3.97. The Bertz CT molecular complexity index is 449. The van der Waals surface area contributed by atoms with Crippen LogP contribution >= 0.6 is 24.8 Å². The van der Waals surface area contributed by atoms with Crippen LogP contribution in [-0.4, -0.2) is 35.5 Å². The molecule has 1 aliphatic rings. The first-order chi connectivity index (χ1) is 10.2. The fourth-order valence-electron chi connectivity index (χ4n) is 2.89. The molecule has 0 bridgehead atoms. The zero-order valence-electron chi connectivity index (χ0n) is 14.0. The van der Waals surface area contributed by atoms with Crippen LogP contribution in [0.2, 0.25) is 0 Å². The van der Waals surface area contributed by atoms with Crippen molar-refractivity contribution >= 4 is 30.8 Å². The fourth-order valence-corrected chi connectivity index (χ4v) is 2.89. The van der Waals surface area contributed by atoms with Crippen LogP contribution in [0.15, 0.2) is 24.5 Å². The highest BCUT2D eigenvalue weighted by molar-refractivity contribution is 5.85. The number of unbranched alkanes of at least 4 members (excludes halogenated alkanes) is 1. The van der Waals surface area contributed by atoms with Crippen molar-refractivity contribution in [3.63, 3.8) is 0 Å². The van der Waals surface area contributed by atoms with Gasteiger partial charge in [0.15, 0.2) is 0 Å². The van der Waals surface area contributed by atoms with E-state index in [0.717, 1.165) is 38.0 Å². The SMILES string of the molecule is CCCCN1CCC(OC(=O)CC)(c2cccnc2)CC1.Cl.Cl. The number of hydrogen-bond donors (Lipinski definition) is 0. The van der Waals surface area contributed by atoms with Crippen LogP contribution < -0.4 is 0 Å². The highest BCUT2D eigenvalue weighted by Gasteiger charge is 2.39. The van der Waals surface area contributed by atoms with Crippen molar-refractivity contribution < 1.29 is 9.53 Å². The molecule has 1 saturated heterocycles. The number of hydrogen-bond acceptors (Lipinski definition) is 4. The number of pyridine rings is 1. The van der Waals surface area contributed by atoms with Crippen molar-refractivity contribution in [2.45, 2.75) is 51.6 Å². The molecule has 6 heteroatoms. The van der Waals surface area contributed by atoms with Crippen LogP contribution in [0.1, 0.15) is 51.5 Å². The summed E-state index contributed by atoms with van der Waals surface area (Å²) in [5.41, 5.74) is 0.548. The van der Waals surface area contributed by atoms with Crippen molar-refractivity contribution in [2.75, 3.05) is 19.6 Å². The number of nitrogens with zero attached hydrogens (tertiary/aromatic N) is 2. The second-order valence-corrected chi connectivity index (χ2v) is 5.76. The topological polar surface area (TPSA) is 42.4 Å². The molecule has 0 N–H and O–H groups in total. The minimum absolute atomic E-state index is 0. The van der Waals surface area contributed by atoms with Crippen LogP contribution in [0, 0.1) is 0 Å². The van der Waals surface area contributed by atoms with E-state index in [1.807, 2.05) is 25.3 Å². The van der Waals surface area contributed by atoms with E-state index < -0.39 is 5.60 Å². The summed E-state index contributed by atoms with van der Waals surface area (Å²) >= 11 is 0. The van der Waals surface area contributed by atoms with Gasteiger partial charge in [0.1, 0.15) is 5.60 Å². The molecule has 0 amide bonds. The maximum absolute atomic E-state index is 11.9. The van der Waals surface area contributed by atoms with Gasteiger partial charge in [-0.15, -0.1) is 24.8 Å². The minimum Gasteiger partial charge on any atom is -0.454 e. The fraction of sp³-hybridized carbons (Fsp3) is 0.647. The van der Waals surface area contributed by atoms with Gasteiger partial charge in [0.05, 0.1) is 0 Å². The molecule has 0 aromatic carbocycles. The number of aromatic nitrogens is 1. The smallest absolute Gasteiger partial charge is 0.306 e. The monoisotopic (exact) mass is 362 g/mol. The molecule has 0 saturated carbocycles. The lowest BCUT2D eigenvalue weighted by Crippen LogP contribution is -2.45. The van der Waals surface area contributed by atoms with E-state index >= 15 is 0 Å². The molecule has 132 valence electrons. The standard InChI is InChI=1S/C17H26N2O2.2ClH/c1-3-5-11-19-12-8-17(9-13-19,21-16(20)4-2)15-7-6-10-18-14-15;;/h6-7,10,14H,3-5,8-9,11-13H2,1-2H3;2*1H. The number of rotatable bonds is 6. The molecule has 1 aliphatic heterocycles. The Morgan fingerprint density at radius 2 is 2.00 bits per heavy atom. The maximum Gasteiger partial charge on any atom is 0.306 e. The van der Waals surface area contributed by atoms with Gasteiger partial charge in [0.2, 0.25) is 0 Å². The molecule has 0 unspecified atom stereocenters. The Morgan fingerprint density at radius 1 is 1.30 bits per heavy atom. The van der Waals surface area contributed by atoms with E-state index in [1.54, 1.807) is 6.20 Å². The molecule has 0 atom stereocenters. The van der Waals surface area contributed by atoms with Gasteiger partial charge >= 0.3 is 5.97 Å². The summed E-state index contributed by atoms with van der Waals surface area (Å²) in [6.07, 6.45) is 8.17. The van der Waals surface area contributed by atoms with E-state index in [-0.39, 0.29) is 30.8 Å². The lowest BCUT2D eigenvalue weighted by molar-refractivity contribution is -0.166. The molecule has 2 heterocycles. The van der Waals surface area contributed by atoms with Crippen LogP contribution in [0.25, 0.3) is 0 Å². The average molecular weight is 363 g/mol. The molecule has 0 aliphatic carbocycles. The molecule has 0 radical (unpaired) electrons. The third-order valence-corrected chi connectivity index (χ3v) is 4.28. The Labute approximate surface area is 151 Å². The van der Waals surface area contributed by atoms with Gasteiger partial charge in [-0.3, -0.25) is 9.78 Å². The third-order valence-electron chi connectivity index (χ3n) is 4.28. The molecule has 23 heavy (non-hydrogen) atoms. The van der Waals surface area contributed by atoms with Gasteiger partial charge in [0, 0.05) is 50.3 Å². The van der Waals surface area contributed by atoms with Crippen molar-refractivity contribution in [1.29, 1.82) is 0 Å².